The predicted octanol–water partition coefficient (Wildman–Crippen LogP) is 1.96. The number of carboxylic acids is 1. The van der Waals surface area contributed by atoms with Crippen LogP contribution in [0.2, 0.25) is 0 Å². The number of halogens is 1. The molecule has 0 fully saturated rings. The van der Waals surface area contributed by atoms with E-state index in [1.807, 2.05) is 0 Å². The summed E-state index contributed by atoms with van der Waals surface area (Å²) in [5.41, 5.74) is 0. The number of alkyl halides is 1. The van der Waals surface area contributed by atoms with Gasteiger partial charge in [0.2, 0.25) is 0 Å². The summed E-state index contributed by atoms with van der Waals surface area (Å²) in [5.74, 6) is -1.55. The lowest BCUT2D eigenvalue weighted by Gasteiger charge is -2.04. The number of carboxylic acid groups (broad SMARTS) is 1. The minimum Gasteiger partial charge on any atom is -0.477 e. The minimum atomic E-state index is -2.16. The van der Waals surface area contributed by atoms with Crippen LogP contribution in [-0.2, 0) is 9.53 Å². The van der Waals surface area contributed by atoms with Crippen molar-refractivity contribution in [3.05, 3.63) is 0 Å². The second kappa shape index (κ2) is 7.03. The van der Waals surface area contributed by atoms with Gasteiger partial charge >= 0.3 is 5.97 Å². The van der Waals surface area contributed by atoms with Crippen molar-refractivity contribution in [3.8, 4) is 0 Å². The van der Waals surface area contributed by atoms with Crippen LogP contribution in [0.5, 0.6) is 0 Å². The van der Waals surface area contributed by atoms with Gasteiger partial charge in [0, 0.05) is 0 Å². The highest BCUT2D eigenvalue weighted by molar-refractivity contribution is 5.70. The molecule has 0 rings (SSSR count). The first-order chi connectivity index (χ1) is 5.68. The molecule has 1 unspecified atom stereocenters. The minimum absolute atomic E-state index is 0.188. The average Bonchev–Trinajstić information content (AvgIpc) is 2.03. The summed E-state index contributed by atoms with van der Waals surface area (Å²) in [5, 5.41) is 8.08. The lowest BCUT2D eigenvalue weighted by Crippen LogP contribution is -2.18. The summed E-state index contributed by atoms with van der Waals surface area (Å²) in [7, 11) is 0. The third-order valence-corrected chi connectivity index (χ3v) is 1.46. The van der Waals surface area contributed by atoms with Gasteiger partial charge in [-0.3, -0.25) is 0 Å². The zero-order valence-electron chi connectivity index (χ0n) is 7.25. The van der Waals surface area contributed by atoms with E-state index in [1.54, 1.807) is 0 Å². The molecule has 0 heterocycles. The van der Waals surface area contributed by atoms with Crippen molar-refractivity contribution in [2.24, 2.45) is 0 Å². The van der Waals surface area contributed by atoms with Crippen LogP contribution < -0.4 is 0 Å². The van der Waals surface area contributed by atoms with Crippen LogP contribution in [0.1, 0.15) is 32.6 Å². The summed E-state index contributed by atoms with van der Waals surface area (Å²) in [6, 6.07) is 0. The van der Waals surface area contributed by atoms with E-state index in [-0.39, 0.29) is 6.61 Å². The molecule has 0 amide bonds. The van der Waals surface area contributed by atoms with E-state index in [1.165, 1.54) is 0 Å². The molecule has 0 aromatic heterocycles. The molecule has 0 saturated heterocycles. The van der Waals surface area contributed by atoms with E-state index >= 15 is 0 Å². The number of rotatable bonds is 7. The highest BCUT2D eigenvalue weighted by Gasteiger charge is 2.14. The fourth-order valence-corrected chi connectivity index (χ4v) is 0.787. The molecular weight excluding hydrogens is 163 g/mol. The van der Waals surface area contributed by atoms with E-state index < -0.39 is 12.3 Å². The van der Waals surface area contributed by atoms with Gasteiger partial charge in [-0.05, 0) is 6.42 Å². The highest BCUT2D eigenvalue weighted by atomic mass is 19.1. The van der Waals surface area contributed by atoms with E-state index in [0.29, 0.717) is 0 Å². The maximum Gasteiger partial charge on any atom is 0.366 e. The van der Waals surface area contributed by atoms with Crippen molar-refractivity contribution in [1.29, 1.82) is 0 Å². The molecule has 0 spiro atoms. The van der Waals surface area contributed by atoms with Crippen LogP contribution in [-0.4, -0.2) is 24.0 Å². The molecule has 72 valence electrons. The number of unbranched alkanes of at least 4 members (excludes halogenated alkanes) is 3. The molecule has 0 aromatic rings. The summed E-state index contributed by atoms with van der Waals surface area (Å²) < 4.78 is 16.6. The number of hydrogen-bond donors (Lipinski definition) is 1. The van der Waals surface area contributed by atoms with Crippen LogP contribution in [0.25, 0.3) is 0 Å². The topological polar surface area (TPSA) is 46.5 Å². The maximum absolute atomic E-state index is 12.2. The van der Waals surface area contributed by atoms with Gasteiger partial charge in [0.05, 0.1) is 6.61 Å². The van der Waals surface area contributed by atoms with Crippen molar-refractivity contribution >= 4 is 5.97 Å². The molecule has 1 N–H and O–H groups in total. The van der Waals surface area contributed by atoms with E-state index in [4.69, 9.17) is 5.11 Å². The maximum atomic E-state index is 12.2. The number of carbonyl (C=O) groups is 1. The lowest BCUT2D eigenvalue weighted by molar-refractivity contribution is -0.163. The van der Waals surface area contributed by atoms with E-state index in [2.05, 4.69) is 11.7 Å². The van der Waals surface area contributed by atoms with E-state index in [9.17, 15) is 9.18 Å². The molecule has 4 heteroatoms. The van der Waals surface area contributed by atoms with Crippen molar-refractivity contribution in [1.82, 2.24) is 0 Å². The molecule has 0 aliphatic carbocycles. The Balaban J connectivity index is 3.14. The summed E-state index contributed by atoms with van der Waals surface area (Å²) in [6.07, 6.45) is 1.70. The van der Waals surface area contributed by atoms with Crippen molar-refractivity contribution < 1.29 is 19.0 Å². The number of hydrogen-bond acceptors (Lipinski definition) is 2. The Morgan fingerprint density at radius 1 is 1.50 bits per heavy atom. The van der Waals surface area contributed by atoms with Gasteiger partial charge in [0.15, 0.2) is 0 Å². The molecule has 1 atom stereocenters. The molecule has 0 radical (unpaired) electrons. The molecule has 12 heavy (non-hydrogen) atoms. The van der Waals surface area contributed by atoms with Crippen molar-refractivity contribution in [2.75, 3.05) is 6.61 Å². The third-order valence-electron chi connectivity index (χ3n) is 1.46. The molecule has 0 aromatic carbocycles. The highest BCUT2D eigenvalue weighted by Crippen LogP contribution is 2.01. The smallest absolute Gasteiger partial charge is 0.366 e. The van der Waals surface area contributed by atoms with Crippen LogP contribution in [0, 0.1) is 0 Å². The first-order valence-corrected chi connectivity index (χ1v) is 4.17. The zero-order chi connectivity index (χ0) is 9.40. The average molecular weight is 178 g/mol. The summed E-state index contributed by atoms with van der Waals surface area (Å²) in [6.45, 7) is 2.25. The SMILES string of the molecule is CCCCCCOC(F)C(=O)O. The van der Waals surface area contributed by atoms with Crippen LogP contribution in [0.3, 0.4) is 0 Å². The Kier molecular flexibility index (Phi) is 6.66. The lowest BCUT2D eigenvalue weighted by atomic mass is 10.2. The van der Waals surface area contributed by atoms with Gasteiger partial charge in [-0.2, -0.15) is 0 Å². The number of ether oxygens (including phenoxy) is 1. The van der Waals surface area contributed by atoms with Crippen LogP contribution >= 0.6 is 0 Å². The Morgan fingerprint density at radius 3 is 2.67 bits per heavy atom. The molecule has 0 bridgehead atoms. The first kappa shape index (κ1) is 11.4. The van der Waals surface area contributed by atoms with Gasteiger partial charge in [0.25, 0.3) is 6.36 Å². The summed E-state index contributed by atoms with van der Waals surface area (Å²) in [4.78, 5) is 9.92. The Bertz CT molecular complexity index is 127. The second-order valence-corrected chi connectivity index (χ2v) is 2.59. The van der Waals surface area contributed by atoms with Gasteiger partial charge in [-0.15, -0.1) is 0 Å². The van der Waals surface area contributed by atoms with Gasteiger partial charge in [-0.25, -0.2) is 9.18 Å². The Hall–Kier alpha value is -0.640. The van der Waals surface area contributed by atoms with Crippen LogP contribution in [0.4, 0.5) is 4.39 Å². The third kappa shape index (κ3) is 6.09. The molecular formula is C8H15FO3. The Morgan fingerprint density at radius 2 is 2.17 bits per heavy atom. The predicted molar refractivity (Wildman–Crippen MR) is 42.6 cm³/mol. The molecule has 0 aliphatic heterocycles. The second-order valence-electron chi connectivity index (χ2n) is 2.59. The zero-order valence-corrected chi connectivity index (χ0v) is 7.25. The summed E-state index contributed by atoms with van der Waals surface area (Å²) >= 11 is 0. The normalized spacial score (nSPS) is 12.8. The van der Waals surface area contributed by atoms with Crippen molar-refractivity contribution in [3.63, 3.8) is 0 Å². The van der Waals surface area contributed by atoms with Gasteiger partial charge < -0.3 is 9.84 Å². The van der Waals surface area contributed by atoms with Gasteiger partial charge in [-0.1, -0.05) is 26.2 Å². The van der Waals surface area contributed by atoms with Gasteiger partial charge in [0.1, 0.15) is 0 Å². The van der Waals surface area contributed by atoms with Crippen LogP contribution in [0.15, 0.2) is 0 Å². The monoisotopic (exact) mass is 178 g/mol. The standard InChI is InChI=1S/C8H15FO3/c1-2-3-4-5-6-12-7(9)8(10)11/h7H,2-6H2,1H3,(H,10,11). The number of aliphatic carboxylic acids is 1. The Labute approximate surface area is 71.5 Å². The molecule has 0 saturated carbocycles. The molecule has 0 aliphatic rings. The fraction of sp³-hybridized carbons (Fsp3) is 0.875. The fourth-order valence-electron chi connectivity index (χ4n) is 0.787. The largest absolute Gasteiger partial charge is 0.477 e. The van der Waals surface area contributed by atoms with E-state index in [0.717, 1.165) is 25.7 Å². The first-order valence-electron chi connectivity index (χ1n) is 4.17. The molecule has 3 nitrogen and oxygen atoms in total. The van der Waals surface area contributed by atoms with Crippen molar-refractivity contribution in [2.45, 2.75) is 39.0 Å². The quantitative estimate of drug-likeness (QED) is 0.606.